The van der Waals surface area contributed by atoms with Crippen LogP contribution in [0.25, 0.3) is 0 Å². The molecule has 1 aliphatic heterocycles. The van der Waals surface area contributed by atoms with Gasteiger partial charge in [-0.15, -0.1) is 0 Å². The monoisotopic (exact) mass is 186 g/mol. The molecule has 0 aromatic heterocycles. The highest BCUT2D eigenvalue weighted by molar-refractivity contribution is 6.55. The van der Waals surface area contributed by atoms with Crippen molar-refractivity contribution in [1.29, 1.82) is 0 Å². The largest absolute Gasteiger partial charge is 0.324 e. The Bertz CT molecular complexity index is 110. The molecule has 1 unspecified atom stereocenters. The fourth-order valence-electron chi connectivity index (χ4n) is 2.03. The van der Waals surface area contributed by atoms with Gasteiger partial charge in [0.2, 0.25) is 0 Å². The highest BCUT2D eigenvalue weighted by atomic mass is 28.3. The van der Waals surface area contributed by atoms with Crippen molar-refractivity contribution in [3.8, 4) is 0 Å². The van der Waals surface area contributed by atoms with E-state index in [1.54, 1.807) is 0 Å². The number of nitrogens with one attached hydrogen (secondary N) is 1. The van der Waals surface area contributed by atoms with E-state index in [9.17, 15) is 0 Å². The lowest BCUT2D eigenvalue weighted by Gasteiger charge is -2.33. The minimum absolute atomic E-state index is 0.501. The zero-order chi connectivity index (χ0) is 8.81. The van der Waals surface area contributed by atoms with Crippen LogP contribution in [0.15, 0.2) is 0 Å². The summed E-state index contributed by atoms with van der Waals surface area (Å²) in [6.45, 7) is 9.74. The molecule has 0 aromatic rings. The lowest BCUT2D eigenvalue weighted by molar-refractivity contribution is 0.365. The Morgan fingerprint density at radius 2 is 1.92 bits per heavy atom. The highest BCUT2D eigenvalue weighted by Gasteiger charge is 2.18. The number of rotatable bonds is 4. The molecular weight excluding hydrogens is 164 g/mol. The summed E-state index contributed by atoms with van der Waals surface area (Å²) >= 11 is 0. The van der Waals surface area contributed by atoms with Crippen LogP contribution in [0.2, 0.25) is 12.1 Å². The number of hydrogen-bond donors (Lipinski definition) is 1. The molecule has 0 saturated carbocycles. The van der Waals surface area contributed by atoms with E-state index < -0.39 is 8.96 Å². The molecule has 72 valence electrons. The van der Waals surface area contributed by atoms with Crippen LogP contribution in [0.3, 0.4) is 0 Å². The van der Waals surface area contributed by atoms with Crippen LogP contribution in [0.5, 0.6) is 0 Å². The summed E-state index contributed by atoms with van der Waals surface area (Å²) in [4.78, 5) is 0. The zero-order valence-electron chi connectivity index (χ0n) is 8.47. The van der Waals surface area contributed by atoms with Gasteiger partial charge in [0.25, 0.3) is 0 Å². The maximum Gasteiger partial charge on any atom is 0.111 e. The van der Waals surface area contributed by atoms with Gasteiger partial charge in [-0.3, -0.25) is 0 Å². The van der Waals surface area contributed by atoms with E-state index in [0.29, 0.717) is 0 Å². The van der Waals surface area contributed by atoms with Crippen LogP contribution in [-0.4, -0.2) is 39.7 Å². The third kappa shape index (κ3) is 2.88. The van der Waals surface area contributed by atoms with Gasteiger partial charge in [-0.2, -0.15) is 0 Å². The van der Waals surface area contributed by atoms with Crippen LogP contribution < -0.4 is 5.32 Å². The SMILES string of the molecule is CCC[SiH](CC)N1CCNCC1. The van der Waals surface area contributed by atoms with Crippen molar-refractivity contribution >= 4 is 8.96 Å². The summed E-state index contributed by atoms with van der Waals surface area (Å²) in [6, 6.07) is 2.96. The van der Waals surface area contributed by atoms with Gasteiger partial charge in [0.05, 0.1) is 0 Å². The fraction of sp³-hybridized carbons (Fsp3) is 1.00. The predicted molar refractivity (Wildman–Crippen MR) is 57.2 cm³/mol. The minimum atomic E-state index is -0.501. The van der Waals surface area contributed by atoms with Crippen LogP contribution in [0.4, 0.5) is 0 Å². The van der Waals surface area contributed by atoms with Crippen LogP contribution >= 0.6 is 0 Å². The number of hydrogen-bond acceptors (Lipinski definition) is 2. The van der Waals surface area contributed by atoms with Crippen molar-refractivity contribution in [2.45, 2.75) is 32.4 Å². The average Bonchev–Trinajstić information content (AvgIpc) is 2.15. The fourth-order valence-corrected chi connectivity index (χ4v) is 4.97. The summed E-state index contributed by atoms with van der Waals surface area (Å²) in [5.41, 5.74) is 0. The van der Waals surface area contributed by atoms with Crippen molar-refractivity contribution in [3.63, 3.8) is 0 Å². The molecule has 0 aliphatic carbocycles. The molecule has 12 heavy (non-hydrogen) atoms. The summed E-state index contributed by atoms with van der Waals surface area (Å²) in [7, 11) is -0.501. The van der Waals surface area contributed by atoms with E-state index in [-0.39, 0.29) is 0 Å². The third-order valence-electron chi connectivity index (χ3n) is 2.76. The molecule has 1 N–H and O–H groups in total. The number of nitrogens with zero attached hydrogens (tertiary/aromatic N) is 1. The Labute approximate surface area is 78.0 Å². The Kier molecular flexibility index (Phi) is 4.88. The molecule has 3 heteroatoms. The zero-order valence-corrected chi connectivity index (χ0v) is 9.63. The maximum absolute atomic E-state index is 3.42. The third-order valence-corrected chi connectivity index (χ3v) is 6.50. The van der Waals surface area contributed by atoms with Gasteiger partial charge < -0.3 is 9.88 Å². The van der Waals surface area contributed by atoms with Crippen LogP contribution in [0.1, 0.15) is 20.3 Å². The van der Waals surface area contributed by atoms with Gasteiger partial charge in [0.1, 0.15) is 8.96 Å². The molecular formula is C9H22N2Si. The van der Waals surface area contributed by atoms with Gasteiger partial charge in [0.15, 0.2) is 0 Å². The Balaban J connectivity index is 2.29. The summed E-state index contributed by atoms with van der Waals surface area (Å²) in [5, 5.41) is 3.42. The first-order valence-corrected chi connectivity index (χ1v) is 7.48. The van der Waals surface area contributed by atoms with Crippen molar-refractivity contribution in [3.05, 3.63) is 0 Å². The molecule has 0 bridgehead atoms. The van der Waals surface area contributed by atoms with Crippen LogP contribution in [-0.2, 0) is 0 Å². The molecule has 1 fully saturated rings. The van der Waals surface area contributed by atoms with Gasteiger partial charge in [0, 0.05) is 26.2 Å². The smallest absolute Gasteiger partial charge is 0.111 e. The van der Waals surface area contributed by atoms with E-state index in [1.807, 2.05) is 0 Å². The summed E-state index contributed by atoms with van der Waals surface area (Å²) in [5.74, 6) is 0. The first-order chi connectivity index (χ1) is 5.88. The summed E-state index contributed by atoms with van der Waals surface area (Å²) < 4.78 is 2.78. The van der Waals surface area contributed by atoms with E-state index in [1.165, 1.54) is 44.7 Å². The predicted octanol–water partition coefficient (Wildman–Crippen LogP) is 1.05. The topological polar surface area (TPSA) is 15.3 Å². The molecule has 2 nitrogen and oxygen atoms in total. The van der Waals surface area contributed by atoms with Crippen molar-refractivity contribution in [2.75, 3.05) is 26.2 Å². The highest BCUT2D eigenvalue weighted by Crippen LogP contribution is 2.08. The van der Waals surface area contributed by atoms with Gasteiger partial charge in [-0.05, 0) is 12.1 Å². The van der Waals surface area contributed by atoms with Gasteiger partial charge in [-0.25, -0.2) is 0 Å². The lowest BCUT2D eigenvalue weighted by atomic mass is 10.4. The summed E-state index contributed by atoms with van der Waals surface area (Å²) in [6.07, 6.45) is 1.38. The molecule has 1 saturated heterocycles. The second-order valence-corrected chi connectivity index (χ2v) is 7.07. The molecule has 0 radical (unpaired) electrons. The van der Waals surface area contributed by atoms with Crippen molar-refractivity contribution in [2.24, 2.45) is 0 Å². The van der Waals surface area contributed by atoms with Crippen molar-refractivity contribution in [1.82, 2.24) is 9.88 Å². The number of piperazine rings is 1. The molecule has 0 amide bonds. The second-order valence-electron chi connectivity index (χ2n) is 3.64. The first kappa shape index (κ1) is 10.2. The molecule has 1 heterocycles. The molecule has 1 atom stereocenters. The molecule has 1 rings (SSSR count). The normalized spacial score (nSPS) is 22.5. The van der Waals surface area contributed by atoms with Gasteiger partial charge in [-0.1, -0.05) is 20.3 Å². The van der Waals surface area contributed by atoms with E-state index in [2.05, 4.69) is 23.7 Å². The molecule has 0 spiro atoms. The molecule has 1 aliphatic rings. The van der Waals surface area contributed by atoms with E-state index in [4.69, 9.17) is 0 Å². The van der Waals surface area contributed by atoms with E-state index in [0.717, 1.165) is 0 Å². The quantitative estimate of drug-likeness (QED) is 0.660. The first-order valence-electron chi connectivity index (χ1n) is 5.33. The van der Waals surface area contributed by atoms with Crippen LogP contribution in [0, 0.1) is 0 Å². The Morgan fingerprint density at radius 3 is 2.42 bits per heavy atom. The van der Waals surface area contributed by atoms with Gasteiger partial charge >= 0.3 is 0 Å². The Hall–Kier alpha value is 0.137. The standard InChI is InChI=1S/C9H22N2Si/c1-3-9-12(4-2)11-7-5-10-6-8-11/h10,12H,3-9H2,1-2H3. The Morgan fingerprint density at radius 1 is 1.25 bits per heavy atom. The second kappa shape index (κ2) is 5.73. The average molecular weight is 186 g/mol. The van der Waals surface area contributed by atoms with Crippen molar-refractivity contribution < 1.29 is 0 Å². The van der Waals surface area contributed by atoms with E-state index >= 15 is 0 Å². The minimum Gasteiger partial charge on any atom is -0.324 e. The maximum atomic E-state index is 3.42. The lowest BCUT2D eigenvalue weighted by Crippen LogP contribution is -2.50. The molecule has 0 aromatic carbocycles.